The van der Waals surface area contributed by atoms with Crippen molar-refractivity contribution in [1.82, 2.24) is 5.48 Å². The molecule has 0 spiro atoms. The van der Waals surface area contributed by atoms with Crippen LogP contribution in [0.2, 0.25) is 0 Å². The summed E-state index contributed by atoms with van der Waals surface area (Å²) in [5.41, 5.74) is 2.19. The van der Waals surface area contributed by atoms with Gasteiger partial charge < -0.3 is 0 Å². The number of hydrogen-bond acceptors (Lipinski definition) is 2. The topological polar surface area (TPSA) is 38.3 Å². The first kappa shape index (κ1) is 10.5. The van der Waals surface area contributed by atoms with Crippen LogP contribution in [-0.2, 0) is 9.63 Å². The zero-order valence-corrected chi connectivity index (χ0v) is 8.72. The van der Waals surface area contributed by atoms with Crippen molar-refractivity contribution in [3.63, 3.8) is 0 Å². The number of rotatable bonds is 3. The van der Waals surface area contributed by atoms with Crippen LogP contribution in [0.15, 0.2) is 0 Å². The summed E-state index contributed by atoms with van der Waals surface area (Å²) in [5, 5.41) is 0. The molecule has 0 unspecified atom stereocenters. The van der Waals surface area contributed by atoms with Crippen LogP contribution in [0, 0.1) is 5.92 Å². The predicted molar refractivity (Wildman–Crippen MR) is 50.9 cm³/mol. The summed E-state index contributed by atoms with van der Waals surface area (Å²) < 4.78 is 0. The molecule has 1 aliphatic carbocycles. The van der Waals surface area contributed by atoms with Gasteiger partial charge in [0.05, 0.1) is 5.60 Å². The molecule has 0 saturated heterocycles. The molecule has 3 heteroatoms. The number of hydrogen-bond donors (Lipinski definition) is 1. The summed E-state index contributed by atoms with van der Waals surface area (Å²) in [5.74, 6) is 0.614. The second kappa shape index (κ2) is 4.09. The Morgan fingerprint density at radius 3 is 2.46 bits per heavy atom. The molecule has 3 nitrogen and oxygen atoms in total. The zero-order valence-electron chi connectivity index (χ0n) is 8.72. The maximum Gasteiger partial charge on any atom is 0.243 e. The maximum absolute atomic E-state index is 11.3. The van der Waals surface area contributed by atoms with E-state index in [9.17, 15) is 4.79 Å². The fourth-order valence-corrected chi connectivity index (χ4v) is 1.21. The van der Waals surface area contributed by atoms with E-state index >= 15 is 0 Å². The minimum Gasteiger partial charge on any atom is -0.273 e. The number of hydroxylamine groups is 1. The van der Waals surface area contributed by atoms with E-state index in [0.717, 1.165) is 0 Å². The van der Waals surface area contributed by atoms with E-state index in [2.05, 4.69) is 5.48 Å². The van der Waals surface area contributed by atoms with E-state index in [0.29, 0.717) is 12.3 Å². The Morgan fingerprint density at radius 1 is 1.46 bits per heavy atom. The van der Waals surface area contributed by atoms with Crippen molar-refractivity contribution in [3.8, 4) is 0 Å². The fourth-order valence-electron chi connectivity index (χ4n) is 1.21. The summed E-state index contributed by atoms with van der Waals surface area (Å²) in [7, 11) is 0. The number of amides is 1. The Labute approximate surface area is 79.8 Å². The van der Waals surface area contributed by atoms with Crippen LogP contribution in [0.5, 0.6) is 0 Å². The van der Waals surface area contributed by atoms with Gasteiger partial charge in [0.15, 0.2) is 0 Å². The smallest absolute Gasteiger partial charge is 0.243 e. The van der Waals surface area contributed by atoms with Crippen molar-refractivity contribution in [2.45, 2.75) is 52.1 Å². The highest BCUT2D eigenvalue weighted by Crippen LogP contribution is 2.29. The molecule has 0 radical (unpaired) electrons. The molecule has 1 aliphatic rings. The second-order valence-electron chi connectivity index (χ2n) is 4.74. The monoisotopic (exact) mass is 185 g/mol. The first-order valence-electron chi connectivity index (χ1n) is 4.94. The molecule has 1 saturated carbocycles. The number of carbonyl (C=O) groups excluding carboxylic acids is 1. The van der Waals surface area contributed by atoms with Crippen LogP contribution >= 0.6 is 0 Å². The first-order chi connectivity index (χ1) is 5.97. The van der Waals surface area contributed by atoms with Gasteiger partial charge in [0.1, 0.15) is 0 Å². The average Bonchev–Trinajstić information content (AvgIpc) is 1.91. The lowest BCUT2D eigenvalue weighted by Crippen LogP contribution is -2.35. The molecule has 0 heterocycles. The van der Waals surface area contributed by atoms with Gasteiger partial charge >= 0.3 is 0 Å². The highest BCUT2D eigenvalue weighted by Gasteiger charge is 2.21. The van der Waals surface area contributed by atoms with Crippen LogP contribution in [0.4, 0.5) is 0 Å². The lowest BCUT2D eigenvalue weighted by Gasteiger charge is -2.25. The third kappa shape index (κ3) is 4.27. The van der Waals surface area contributed by atoms with Crippen molar-refractivity contribution < 1.29 is 9.63 Å². The van der Waals surface area contributed by atoms with Gasteiger partial charge in [0.2, 0.25) is 5.91 Å². The van der Waals surface area contributed by atoms with Crippen molar-refractivity contribution in [2.24, 2.45) is 5.92 Å². The molecule has 0 aromatic heterocycles. The number of carbonyl (C=O) groups is 1. The van der Waals surface area contributed by atoms with Gasteiger partial charge in [-0.15, -0.1) is 0 Å². The molecular formula is C10H19NO2. The van der Waals surface area contributed by atoms with Gasteiger partial charge in [0, 0.05) is 6.42 Å². The number of nitrogens with one attached hydrogen (secondary N) is 1. The van der Waals surface area contributed by atoms with Crippen LogP contribution in [0.25, 0.3) is 0 Å². The highest BCUT2D eigenvalue weighted by molar-refractivity contribution is 5.75. The third-order valence-electron chi connectivity index (χ3n) is 2.17. The Bertz CT molecular complexity index is 180. The van der Waals surface area contributed by atoms with Gasteiger partial charge in [0.25, 0.3) is 0 Å². The quantitative estimate of drug-likeness (QED) is 0.683. The van der Waals surface area contributed by atoms with Crippen LogP contribution in [0.1, 0.15) is 46.5 Å². The van der Waals surface area contributed by atoms with E-state index in [1.807, 2.05) is 20.8 Å². The van der Waals surface area contributed by atoms with Gasteiger partial charge in [-0.1, -0.05) is 6.42 Å². The van der Waals surface area contributed by atoms with Crippen molar-refractivity contribution in [3.05, 3.63) is 0 Å². The minimum absolute atomic E-state index is 0.0135. The lowest BCUT2D eigenvalue weighted by atomic mass is 9.83. The van der Waals surface area contributed by atoms with E-state index in [4.69, 9.17) is 4.84 Å². The molecule has 0 aliphatic heterocycles. The highest BCUT2D eigenvalue weighted by atomic mass is 16.7. The molecule has 1 amide bonds. The molecule has 0 aromatic rings. The molecule has 76 valence electrons. The molecule has 1 fully saturated rings. The van der Waals surface area contributed by atoms with Crippen LogP contribution < -0.4 is 5.48 Å². The van der Waals surface area contributed by atoms with Gasteiger partial charge in [-0.2, -0.15) is 0 Å². The molecule has 0 bridgehead atoms. The molecule has 0 atom stereocenters. The Kier molecular flexibility index (Phi) is 3.31. The van der Waals surface area contributed by atoms with Crippen LogP contribution in [0.3, 0.4) is 0 Å². The molecule has 1 N–H and O–H groups in total. The standard InChI is InChI=1S/C10H19NO2/c1-10(2,3)13-11-9(12)7-8-5-4-6-8/h8H,4-7H2,1-3H3,(H,11,12). The van der Waals surface area contributed by atoms with E-state index < -0.39 is 0 Å². The summed E-state index contributed by atoms with van der Waals surface area (Å²) in [6.45, 7) is 5.74. The predicted octanol–water partition coefficient (Wildman–Crippen LogP) is 2.02. The van der Waals surface area contributed by atoms with E-state index in [-0.39, 0.29) is 11.5 Å². The Balaban J connectivity index is 2.10. The summed E-state index contributed by atoms with van der Waals surface area (Å²) in [6.07, 6.45) is 4.29. The van der Waals surface area contributed by atoms with Crippen molar-refractivity contribution >= 4 is 5.91 Å². The zero-order chi connectivity index (χ0) is 9.90. The second-order valence-corrected chi connectivity index (χ2v) is 4.74. The normalized spacial score (nSPS) is 18.1. The van der Waals surface area contributed by atoms with Gasteiger partial charge in [-0.25, -0.2) is 5.48 Å². The summed E-state index contributed by atoms with van der Waals surface area (Å²) in [4.78, 5) is 16.4. The first-order valence-corrected chi connectivity index (χ1v) is 4.94. The van der Waals surface area contributed by atoms with Crippen molar-refractivity contribution in [1.29, 1.82) is 0 Å². The molecule has 13 heavy (non-hydrogen) atoms. The maximum atomic E-state index is 11.3. The lowest BCUT2D eigenvalue weighted by molar-refractivity contribution is -0.147. The average molecular weight is 185 g/mol. The largest absolute Gasteiger partial charge is 0.273 e. The van der Waals surface area contributed by atoms with Crippen LogP contribution in [-0.4, -0.2) is 11.5 Å². The summed E-state index contributed by atoms with van der Waals surface area (Å²) >= 11 is 0. The third-order valence-corrected chi connectivity index (χ3v) is 2.17. The SMILES string of the molecule is CC(C)(C)ONC(=O)CC1CCC1. The Morgan fingerprint density at radius 2 is 2.08 bits per heavy atom. The summed E-state index contributed by atoms with van der Waals surface area (Å²) in [6, 6.07) is 0. The molecule has 1 rings (SSSR count). The minimum atomic E-state index is -0.296. The molecular weight excluding hydrogens is 166 g/mol. The van der Waals surface area contributed by atoms with Gasteiger partial charge in [-0.05, 0) is 39.5 Å². The van der Waals surface area contributed by atoms with E-state index in [1.165, 1.54) is 19.3 Å². The molecule has 0 aromatic carbocycles. The van der Waals surface area contributed by atoms with Gasteiger partial charge in [-0.3, -0.25) is 9.63 Å². The van der Waals surface area contributed by atoms with E-state index in [1.54, 1.807) is 0 Å². The fraction of sp³-hybridized carbons (Fsp3) is 0.900. The van der Waals surface area contributed by atoms with Crippen molar-refractivity contribution in [2.75, 3.05) is 0 Å². The Hall–Kier alpha value is -0.570.